The van der Waals surface area contributed by atoms with Gasteiger partial charge in [0.25, 0.3) is 0 Å². The van der Waals surface area contributed by atoms with Gasteiger partial charge in [0.1, 0.15) is 5.75 Å². The maximum atomic E-state index is 12.5. The van der Waals surface area contributed by atoms with Gasteiger partial charge in [0.15, 0.2) is 0 Å². The first-order valence-electron chi connectivity index (χ1n) is 8.83. The van der Waals surface area contributed by atoms with E-state index < -0.39 is 0 Å². The van der Waals surface area contributed by atoms with E-state index in [2.05, 4.69) is 6.07 Å². The van der Waals surface area contributed by atoms with Gasteiger partial charge in [-0.25, -0.2) is 0 Å². The van der Waals surface area contributed by atoms with E-state index >= 15 is 0 Å². The maximum Gasteiger partial charge on any atom is 0.246 e. The number of nitriles is 1. The molecule has 0 heterocycles. The summed E-state index contributed by atoms with van der Waals surface area (Å²) in [7, 11) is 0. The zero-order chi connectivity index (χ0) is 18.6. The van der Waals surface area contributed by atoms with Crippen molar-refractivity contribution in [2.75, 3.05) is 19.7 Å². The van der Waals surface area contributed by atoms with E-state index in [9.17, 15) is 4.79 Å². The Hall–Kier alpha value is -3.06. The second-order valence-electron chi connectivity index (χ2n) is 5.80. The number of hydrogen-bond donors (Lipinski definition) is 0. The third kappa shape index (κ3) is 6.45. The van der Waals surface area contributed by atoms with E-state index in [0.717, 1.165) is 17.7 Å². The minimum absolute atomic E-state index is 0.0786. The molecule has 0 fully saturated rings. The molecule has 0 aliphatic heterocycles. The number of carbonyl (C=O) groups excluding carboxylic acids is 1. The third-order valence-corrected chi connectivity index (χ3v) is 3.93. The van der Waals surface area contributed by atoms with Crippen molar-refractivity contribution < 1.29 is 9.53 Å². The van der Waals surface area contributed by atoms with Gasteiger partial charge in [-0.15, -0.1) is 0 Å². The molecule has 1 amide bonds. The summed E-state index contributed by atoms with van der Waals surface area (Å²) in [6, 6.07) is 19.8. The Balaban J connectivity index is 1.97. The second-order valence-corrected chi connectivity index (χ2v) is 5.80. The van der Waals surface area contributed by atoms with Crippen molar-refractivity contribution in [1.82, 2.24) is 4.90 Å². The van der Waals surface area contributed by atoms with Gasteiger partial charge < -0.3 is 9.64 Å². The maximum absolute atomic E-state index is 12.5. The Morgan fingerprint density at radius 3 is 2.50 bits per heavy atom. The molecule has 0 aliphatic rings. The first kappa shape index (κ1) is 19.3. The van der Waals surface area contributed by atoms with Gasteiger partial charge in [0.2, 0.25) is 5.91 Å². The highest BCUT2D eigenvalue weighted by Crippen LogP contribution is 2.13. The van der Waals surface area contributed by atoms with Crippen LogP contribution in [0.4, 0.5) is 0 Å². The summed E-state index contributed by atoms with van der Waals surface area (Å²) < 4.78 is 5.41. The molecule has 0 aliphatic carbocycles. The molecule has 0 saturated heterocycles. The van der Waals surface area contributed by atoms with Crippen LogP contribution >= 0.6 is 0 Å². The molecule has 0 aromatic heterocycles. The summed E-state index contributed by atoms with van der Waals surface area (Å²) in [5.41, 5.74) is 2.11. The van der Waals surface area contributed by atoms with Gasteiger partial charge in [-0.1, -0.05) is 42.5 Å². The van der Waals surface area contributed by atoms with Gasteiger partial charge in [0.05, 0.1) is 19.1 Å². The minimum atomic E-state index is -0.0786. The van der Waals surface area contributed by atoms with Crippen LogP contribution in [0.2, 0.25) is 0 Å². The lowest BCUT2D eigenvalue weighted by Crippen LogP contribution is -2.32. The molecular formula is C22H24N2O2. The summed E-state index contributed by atoms with van der Waals surface area (Å²) in [5, 5.41) is 8.84. The van der Waals surface area contributed by atoms with E-state index in [1.54, 1.807) is 17.1 Å². The molecule has 0 unspecified atom stereocenters. The summed E-state index contributed by atoms with van der Waals surface area (Å²) in [5.74, 6) is 0.736. The van der Waals surface area contributed by atoms with E-state index in [1.807, 2.05) is 61.5 Å². The van der Waals surface area contributed by atoms with Crippen LogP contribution in [0.25, 0.3) is 6.08 Å². The lowest BCUT2D eigenvalue weighted by atomic mass is 10.1. The number of amides is 1. The lowest BCUT2D eigenvalue weighted by Gasteiger charge is -2.20. The summed E-state index contributed by atoms with van der Waals surface area (Å²) in [4.78, 5) is 14.2. The Bertz CT molecular complexity index is 746. The largest absolute Gasteiger partial charge is 0.494 e. The zero-order valence-electron chi connectivity index (χ0n) is 15.1. The van der Waals surface area contributed by atoms with E-state index in [-0.39, 0.29) is 5.91 Å². The van der Waals surface area contributed by atoms with Gasteiger partial charge >= 0.3 is 0 Å². The first-order valence-corrected chi connectivity index (χ1v) is 8.83. The van der Waals surface area contributed by atoms with Gasteiger partial charge in [-0.3, -0.25) is 4.79 Å². The molecule has 134 valence electrons. The average Bonchev–Trinajstić information content (AvgIpc) is 2.68. The Labute approximate surface area is 155 Å². The number of nitrogens with zero attached hydrogens (tertiary/aromatic N) is 2. The van der Waals surface area contributed by atoms with E-state index in [0.29, 0.717) is 26.1 Å². The van der Waals surface area contributed by atoms with E-state index in [1.165, 1.54) is 5.56 Å². The van der Waals surface area contributed by atoms with Gasteiger partial charge in [0, 0.05) is 19.2 Å². The molecule has 26 heavy (non-hydrogen) atoms. The molecule has 0 saturated carbocycles. The molecule has 0 N–H and O–H groups in total. The van der Waals surface area contributed by atoms with Crippen LogP contribution in [0.1, 0.15) is 24.5 Å². The second kappa shape index (κ2) is 10.7. The van der Waals surface area contributed by atoms with Crippen molar-refractivity contribution in [3.05, 3.63) is 71.8 Å². The third-order valence-electron chi connectivity index (χ3n) is 3.93. The molecule has 0 bridgehead atoms. The van der Waals surface area contributed by atoms with Crippen molar-refractivity contribution >= 4 is 12.0 Å². The van der Waals surface area contributed by atoms with Crippen LogP contribution in [-0.4, -0.2) is 30.5 Å². The van der Waals surface area contributed by atoms with Crippen LogP contribution in [0.5, 0.6) is 5.75 Å². The molecule has 0 spiro atoms. The Morgan fingerprint density at radius 2 is 1.85 bits per heavy atom. The molecule has 0 radical (unpaired) electrons. The predicted octanol–water partition coefficient (Wildman–Crippen LogP) is 4.08. The number of hydrogen-bond acceptors (Lipinski definition) is 3. The topological polar surface area (TPSA) is 53.3 Å². The zero-order valence-corrected chi connectivity index (χ0v) is 15.1. The Kier molecular flexibility index (Phi) is 7.95. The highest BCUT2D eigenvalue weighted by atomic mass is 16.5. The molecule has 0 atom stereocenters. The van der Waals surface area contributed by atoms with Crippen molar-refractivity contribution in [3.8, 4) is 11.8 Å². The number of rotatable bonds is 9. The van der Waals surface area contributed by atoms with Crippen molar-refractivity contribution in [2.24, 2.45) is 0 Å². The number of ether oxygens (including phenoxy) is 1. The molecule has 2 rings (SSSR count). The quantitative estimate of drug-likeness (QED) is 0.642. The van der Waals surface area contributed by atoms with Crippen LogP contribution in [0, 0.1) is 11.3 Å². The highest BCUT2D eigenvalue weighted by Gasteiger charge is 2.10. The fourth-order valence-electron chi connectivity index (χ4n) is 2.54. The average molecular weight is 348 g/mol. The van der Waals surface area contributed by atoms with Crippen molar-refractivity contribution in [1.29, 1.82) is 5.26 Å². The minimum Gasteiger partial charge on any atom is -0.494 e. The molecule has 2 aromatic rings. The molecule has 4 nitrogen and oxygen atoms in total. The summed E-state index contributed by atoms with van der Waals surface area (Å²) in [6.45, 7) is 3.61. The molecule has 2 aromatic carbocycles. The van der Waals surface area contributed by atoms with Crippen molar-refractivity contribution in [2.45, 2.75) is 19.8 Å². The summed E-state index contributed by atoms with van der Waals surface area (Å²) in [6.07, 6.45) is 4.46. The smallest absolute Gasteiger partial charge is 0.246 e. The fourth-order valence-corrected chi connectivity index (χ4v) is 2.54. The number of carbonyl (C=O) groups is 1. The Morgan fingerprint density at radius 1 is 1.12 bits per heavy atom. The first-order chi connectivity index (χ1) is 12.7. The van der Waals surface area contributed by atoms with Gasteiger partial charge in [-0.2, -0.15) is 5.26 Å². The standard InChI is InChI=1S/C22H24N2O2/c1-2-26-21-12-9-20(10-13-21)11-14-22(25)24(17-6-16-23)18-15-19-7-4-3-5-8-19/h3-5,7-14H,2,6,15,17-18H2,1H3/b14-11+. The van der Waals surface area contributed by atoms with Crippen LogP contribution in [0.3, 0.4) is 0 Å². The normalized spacial score (nSPS) is 10.5. The monoisotopic (exact) mass is 348 g/mol. The SMILES string of the molecule is CCOc1ccc(/C=C/C(=O)N(CCC#N)CCc2ccccc2)cc1. The molecular weight excluding hydrogens is 324 g/mol. The highest BCUT2D eigenvalue weighted by molar-refractivity contribution is 5.91. The van der Waals surface area contributed by atoms with Gasteiger partial charge in [-0.05, 0) is 42.7 Å². The number of benzene rings is 2. The predicted molar refractivity (Wildman–Crippen MR) is 104 cm³/mol. The van der Waals surface area contributed by atoms with E-state index in [4.69, 9.17) is 10.00 Å². The van der Waals surface area contributed by atoms with Crippen LogP contribution in [-0.2, 0) is 11.2 Å². The van der Waals surface area contributed by atoms with Crippen LogP contribution in [0.15, 0.2) is 60.7 Å². The molecule has 4 heteroatoms. The lowest BCUT2D eigenvalue weighted by molar-refractivity contribution is -0.125. The summed E-state index contributed by atoms with van der Waals surface area (Å²) >= 11 is 0. The van der Waals surface area contributed by atoms with Crippen molar-refractivity contribution in [3.63, 3.8) is 0 Å². The fraction of sp³-hybridized carbons (Fsp3) is 0.273. The van der Waals surface area contributed by atoms with Crippen LogP contribution < -0.4 is 4.74 Å².